The molecular formula is C61H69N. The van der Waals surface area contributed by atoms with Crippen molar-refractivity contribution in [3.05, 3.63) is 294 Å². The maximum Gasteiger partial charge on any atom is 0.0314 e. The Balaban J connectivity index is 0.000000266. The lowest BCUT2D eigenvalue weighted by Gasteiger charge is -2.26. The zero-order chi connectivity index (χ0) is 45.0. The van der Waals surface area contributed by atoms with Gasteiger partial charge in [-0.3, -0.25) is 0 Å². The quantitative estimate of drug-likeness (QED) is 0.161. The number of anilines is 1. The molecule has 4 aromatic carbocycles. The predicted octanol–water partition coefficient (Wildman–Crippen LogP) is 16.7. The van der Waals surface area contributed by atoms with Crippen molar-refractivity contribution in [2.24, 2.45) is 0 Å². The minimum absolute atomic E-state index is 0.0228. The summed E-state index contributed by atoms with van der Waals surface area (Å²) in [7, 11) is 0. The second kappa shape index (κ2) is 32.0. The van der Waals surface area contributed by atoms with Crippen molar-refractivity contribution in [1.29, 1.82) is 0 Å². The number of hydrogen-bond acceptors (Lipinski definition) is 1. The summed E-state index contributed by atoms with van der Waals surface area (Å²) in [6.45, 7) is 15.1. The third-order valence-corrected chi connectivity index (χ3v) is 9.59. The Morgan fingerprint density at radius 2 is 0.629 bits per heavy atom. The van der Waals surface area contributed by atoms with E-state index in [4.69, 9.17) is 5.73 Å². The van der Waals surface area contributed by atoms with Crippen molar-refractivity contribution in [2.75, 3.05) is 5.73 Å². The normalized spacial score (nSPS) is 13.2. The molecule has 2 N–H and O–H groups in total. The van der Waals surface area contributed by atoms with E-state index in [9.17, 15) is 0 Å². The average molecular weight is 816 g/mol. The van der Waals surface area contributed by atoms with Gasteiger partial charge in [-0.05, 0) is 78.5 Å². The van der Waals surface area contributed by atoms with Crippen LogP contribution >= 0.6 is 0 Å². The SMILES string of the molecule is C1=CC=CC=CC=1.C1=CC=CC=CC=1.C1=CC=CCC=C1.C1=CC=CCC=C1.CC.CC(C)(c1ccccc1)c1ccc(N)cc1.Cc1ccc(C(C)(C)c2ccccc2)cc1. The minimum atomic E-state index is 0.0228. The summed E-state index contributed by atoms with van der Waals surface area (Å²) in [5.41, 5.74) is 19.1. The second-order valence-corrected chi connectivity index (χ2v) is 15.0. The number of nitrogens with two attached hydrogens (primary N) is 1. The Hall–Kier alpha value is -6.88. The lowest BCUT2D eigenvalue weighted by molar-refractivity contribution is 0.640. The third kappa shape index (κ3) is 21.9. The zero-order valence-electron chi connectivity index (χ0n) is 38.2. The first-order valence-electron chi connectivity index (χ1n) is 21.7. The van der Waals surface area contributed by atoms with Gasteiger partial charge in [-0.15, -0.1) is 11.5 Å². The van der Waals surface area contributed by atoms with Gasteiger partial charge in [-0.1, -0.05) is 266 Å². The van der Waals surface area contributed by atoms with E-state index in [2.05, 4.69) is 186 Å². The molecule has 0 atom stereocenters. The molecular weight excluding hydrogens is 747 g/mol. The summed E-state index contributed by atoms with van der Waals surface area (Å²) in [4.78, 5) is 0. The molecule has 1 heteroatoms. The topological polar surface area (TPSA) is 26.0 Å². The van der Waals surface area contributed by atoms with Crippen LogP contribution < -0.4 is 5.73 Å². The van der Waals surface area contributed by atoms with Crippen LogP contribution in [0.5, 0.6) is 0 Å². The fraction of sp³-hybridized carbons (Fsp3) is 0.180. The van der Waals surface area contributed by atoms with Gasteiger partial charge in [0.05, 0.1) is 0 Å². The highest BCUT2D eigenvalue weighted by Gasteiger charge is 2.23. The van der Waals surface area contributed by atoms with Gasteiger partial charge in [0.2, 0.25) is 0 Å². The van der Waals surface area contributed by atoms with E-state index >= 15 is 0 Å². The predicted molar refractivity (Wildman–Crippen MR) is 276 cm³/mol. The van der Waals surface area contributed by atoms with E-state index in [0.29, 0.717) is 0 Å². The first-order chi connectivity index (χ1) is 30.2. The van der Waals surface area contributed by atoms with Gasteiger partial charge in [-0.25, -0.2) is 0 Å². The van der Waals surface area contributed by atoms with Gasteiger partial charge in [0.1, 0.15) is 0 Å². The molecule has 62 heavy (non-hydrogen) atoms. The van der Waals surface area contributed by atoms with Crippen LogP contribution in [0.3, 0.4) is 0 Å². The number of aryl methyl sites for hydroxylation is 1. The average Bonchev–Trinajstić information content (AvgIpc) is 4.00. The van der Waals surface area contributed by atoms with Crippen molar-refractivity contribution < 1.29 is 0 Å². The van der Waals surface area contributed by atoms with Gasteiger partial charge >= 0.3 is 0 Å². The van der Waals surface area contributed by atoms with Crippen molar-refractivity contribution in [2.45, 2.75) is 72.1 Å². The van der Waals surface area contributed by atoms with Crippen LogP contribution in [0, 0.1) is 6.92 Å². The summed E-state index contributed by atoms with van der Waals surface area (Å²) in [5, 5.41) is 0. The Bertz CT molecular complexity index is 2020. The molecule has 8 rings (SSSR count). The zero-order valence-corrected chi connectivity index (χ0v) is 38.2. The summed E-state index contributed by atoms with van der Waals surface area (Å²) < 4.78 is 0. The van der Waals surface area contributed by atoms with Gasteiger partial charge in [-0.2, -0.15) is 0 Å². The molecule has 0 unspecified atom stereocenters. The van der Waals surface area contributed by atoms with Crippen LogP contribution in [0.15, 0.2) is 266 Å². The molecule has 4 aliphatic rings. The molecule has 0 aliphatic heterocycles. The lowest BCUT2D eigenvalue weighted by atomic mass is 9.78. The molecule has 0 bridgehead atoms. The molecule has 0 saturated carbocycles. The fourth-order valence-corrected chi connectivity index (χ4v) is 5.77. The van der Waals surface area contributed by atoms with E-state index in [1.165, 1.54) is 27.8 Å². The number of hydrogen-bond donors (Lipinski definition) is 1. The van der Waals surface area contributed by atoms with Gasteiger partial charge in [0.25, 0.3) is 0 Å². The molecule has 318 valence electrons. The molecule has 4 aromatic rings. The van der Waals surface area contributed by atoms with Crippen LogP contribution in [0.2, 0.25) is 0 Å². The Morgan fingerprint density at radius 1 is 0.355 bits per heavy atom. The molecule has 1 nitrogen and oxygen atoms in total. The van der Waals surface area contributed by atoms with Gasteiger partial charge < -0.3 is 5.73 Å². The molecule has 0 heterocycles. The summed E-state index contributed by atoms with van der Waals surface area (Å²) in [6, 6.07) is 38.1. The molecule has 0 amide bonds. The van der Waals surface area contributed by atoms with Crippen LogP contribution in [-0.2, 0) is 10.8 Å². The van der Waals surface area contributed by atoms with Crippen molar-refractivity contribution in [1.82, 2.24) is 0 Å². The van der Waals surface area contributed by atoms with Crippen molar-refractivity contribution in [3.8, 4) is 0 Å². The number of allylic oxidation sites excluding steroid dienone is 22. The van der Waals surface area contributed by atoms with Crippen LogP contribution in [0.1, 0.15) is 82.2 Å². The van der Waals surface area contributed by atoms with Gasteiger partial charge in [0, 0.05) is 16.5 Å². The first kappa shape index (κ1) is 51.3. The van der Waals surface area contributed by atoms with Crippen molar-refractivity contribution in [3.63, 3.8) is 0 Å². The largest absolute Gasteiger partial charge is 0.399 e. The second-order valence-electron chi connectivity index (χ2n) is 15.0. The van der Waals surface area contributed by atoms with E-state index in [1.807, 2.05) is 129 Å². The maximum atomic E-state index is 5.71. The van der Waals surface area contributed by atoms with Crippen molar-refractivity contribution >= 4 is 5.69 Å². The van der Waals surface area contributed by atoms with E-state index in [-0.39, 0.29) is 10.8 Å². The van der Waals surface area contributed by atoms with E-state index in [0.717, 1.165) is 18.5 Å². The standard InChI is InChI=1S/C16H18.C15H17N.2C7H8.2C7H6.C2H6/c1-13-9-11-15(12-10-13)16(2,3)14-7-5-4-6-8-14;1-15(2,12-6-4-3-5-7-12)13-8-10-14(16)11-9-13;4*1-2-4-6-7-5-3-1;1-2/h4-12H,1-3H3;3-11H,16H2,1-2H3;2*1-6H,7H2;2*1-6H;1-2H3. The summed E-state index contributed by atoms with van der Waals surface area (Å²) in [5.74, 6) is 0. The molecule has 0 radical (unpaired) electrons. The molecule has 0 aromatic heterocycles. The number of nitrogen functional groups attached to an aromatic ring is 1. The van der Waals surface area contributed by atoms with Crippen LogP contribution in [0.4, 0.5) is 5.69 Å². The smallest absolute Gasteiger partial charge is 0.0314 e. The molecule has 0 saturated heterocycles. The molecule has 0 spiro atoms. The third-order valence-electron chi connectivity index (χ3n) is 9.59. The lowest BCUT2D eigenvalue weighted by Crippen LogP contribution is -2.18. The summed E-state index contributed by atoms with van der Waals surface area (Å²) >= 11 is 0. The highest BCUT2D eigenvalue weighted by atomic mass is 14.5. The highest BCUT2D eigenvalue weighted by Crippen LogP contribution is 2.32. The molecule has 0 fully saturated rings. The first-order valence-corrected chi connectivity index (χ1v) is 21.7. The van der Waals surface area contributed by atoms with E-state index in [1.54, 1.807) is 0 Å². The van der Waals surface area contributed by atoms with Crippen LogP contribution in [-0.4, -0.2) is 0 Å². The Kier molecular flexibility index (Phi) is 26.4. The maximum absolute atomic E-state index is 5.71. The monoisotopic (exact) mass is 816 g/mol. The Labute approximate surface area is 376 Å². The van der Waals surface area contributed by atoms with Crippen LogP contribution in [0.25, 0.3) is 0 Å². The summed E-state index contributed by atoms with van der Waals surface area (Å²) in [6.07, 6.45) is 50.2. The fourth-order valence-electron chi connectivity index (χ4n) is 5.77. The number of benzene rings is 4. The minimum Gasteiger partial charge on any atom is -0.399 e. The van der Waals surface area contributed by atoms with E-state index < -0.39 is 0 Å². The van der Waals surface area contributed by atoms with Gasteiger partial charge in [0.15, 0.2) is 0 Å². The number of rotatable bonds is 4. The Morgan fingerprint density at radius 3 is 0.952 bits per heavy atom. The highest BCUT2D eigenvalue weighted by molar-refractivity contribution is 5.45. The molecule has 4 aliphatic carbocycles.